The zero-order valence-electron chi connectivity index (χ0n) is 12.1. The first-order valence-corrected chi connectivity index (χ1v) is 7.21. The van der Waals surface area contributed by atoms with Crippen LogP contribution in [0.25, 0.3) is 0 Å². The maximum atomic E-state index is 10.1. The van der Waals surface area contributed by atoms with E-state index < -0.39 is 0 Å². The Kier molecular flexibility index (Phi) is 3.49. The van der Waals surface area contributed by atoms with E-state index in [1.165, 1.54) is 16.7 Å². The SMILES string of the molecule is Cc1cc2c(cc1O)[C@H](c1ccccc1)CN(C)CC2. The van der Waals surface area contributed by atoms with Gasteiger partial charge in [-0.2, -0.15) is 0 Å². The summed E-state index contributed by atoms with van der Waals surface area (Å²) in [5.41, 5.74) is 4.95. The third-order valence-corrected chi connectivity index (χ3v) is 4.29. The molecule has 2 aromatic rings. The molecule has 1 heterocycles. The molecule has 2 nitrogen and oxygen atoms in total. The van der Waals surface area contributed by atoms with Crippen LogP contribution in [0.4, 0.5) is 0 Å². The zero-order chi connectivity index (χ0) is 14.1. The van der Waals surface area contributed by atoms with Crippen LogP contribution in [0.1, 0.15) is 28.2 Å². The van der Waals surface area contributed by atoms with Gasteiger partial charge in [0.2, 0.25) is 0 Å². The van der Waals surface area contributed by atoms with Gasteiger partial charge in [-0.1, -0.05) is 36.4 Å². The molecule has 2 heteroatoms. The van der Waals surface area contributed by atoms with Crippen molar-refractivity contribution in [3.05, 3.63) is 64.7 Å². The minimum absolute atomic E-state index is 0.338. The Labute approximate surface area is 120 Å². The molecule has 0 aromatic heterocycles. The maximum Gasteiger partial charge on any atom is 0.118 e. The van der Waals surface area contributed by atoms with Crippen molar-refractivity contribution < 1.29 is 5.11 Å². The summed E-state index contributed by atoms with van der Waals surface area (Å²) in [4.78, 5) is 2.38. The molecular weight excluding hydrogens is 246 g/mol. The molecule has 3 rings (SSSR count). The lowest BCUT2D eigenvalue weighted by molar-refractivity contribution is 0.338. The topological polar surface area (TPSA) is 23.5 Å². The van der Waals surface area contributed by atoms with Gasteiger partial charge in [-0.25, -0.2) is 0 Å². The number of aromatic hydroxyl groups is 1. The highest BCUT2D eigenvalue weighted by Crippen LogP contribution is 2.34. The lowest BCUT2D eigenvalue weighted by Gasteiger charge is -2.22. The molecule has 0 spiro atoms. The Morgan fingerprint density at radius 1 is 1.15 bits per heavy atom. The van der Waals surface area contributed by atoms with Gasteiger partial charge < -0.3 is 10.0 Å². The first-order valence-electron chi connectivity index (χ1n) is 7.21. The number of aryl methyl sites for hydroxylation is 1. The normalized spacial score (nSPS) is 19.4. The third-order valence-electron chi connectivity index (χ3n) is 4.29. The van der Waals surface area contributed by atoms with Crippen LogP contribution in [0, 0.1) is 6.92 Å². The van der Waals surface area contributed by atoms with Crippen LogP contribution in [0.15, 0.2) is 42.5 Å². The van der Waals surface area contributed by atoms with Gasteiger partial charge >= 0.3 is 0 Å². The number of benzene rings is 2. The van der Waals surface area contributed by atoms with Crippen molar-refractivity contribution in [1.82, 2.24) is 4.90 Å². The smallest absolute Gasteiger partial charge is 0.118 e. The van der Waals surface area contributed by atoms with Gasteiger partial charge in [-0.15, -0.1) is 0 Å². The molecule has 0 bridgehead atoms. The molecule has 0 aliphatic carbocycles. The van der Waals surface area contributed by atoms with Gasteiger partial charge in [0.15, 0.2) is 0 Å². The number of nitrogens with zero attached hydrogens (tertiary/aromatic N) is 1. The molecule has 0 unspecified atom stereocenters. The minimum atomic E-state index is 0.338. The van der Waals surface area contributed by atoms with Gasteiger partial charge in [-0.05, 0) is 48.7 Å². The van der Waals surface area contributed by atoms with E-state index in [9.17, 15) is 5.11 Å². The fourth-order valence-corrected chi connectivity index (χ4v) is 3.10. The molecular formula is C18H21NO. The van der Waals surface area contributed by atoms with Gasteiger partial charge in [0.1, 0.15) is 5.75 Å². The maximum absolute atomic E-state index is 10.1. The van der Waals surface area contributed by atoms with E-state index in [1.54, 1.807) is 0 Å². The lowest BCUT2D eigenvalue weighted by Crippen LogP contribution is -2.24. The zero-order valence-corrected chi connectivity index (χ0v) is 12.1. The van der Waals surface area contributed by atoms with E-state index in [-0.39, 0.29) is 0 Å². The van der Waals surface area contributed by atoms with E-state index in [1.807, 2.05) is 13.0 Å². The molecule has 1 aliphatic rings. The summed E-state index contributed by atoms with van der Waals surface area (Å²) in [7, 11) is 2.18. The Morgan fingerprint density at radius 2 is 1.90 bits per heavy atom. The second-order valence-electron chi connectivity index (χ2n) is 5.81. The van der Waals surface area contributed by atoms with Crippen LogP contribution in [0.3, 0.4) is 0 Å². The Hall–Kier alpha value is -1.80. The van der Waals surface area contributed by atoms with Crippen LogP contribution in [0.5, 0.6) is 5.75 Å². The lowest BCUT2D eigenvalue weighted by atomic mass is 9.87. The molecule has 0 radical (unpaired) electrons. The van der Waals surface area contributed by atoms with Crippen molar-refractivity contribution in [2.24, 2.45) is 0 Å². The predicted octanol–water partition coefficient (Wildman–Crippen LogP) is 3.32. The Balaban J connectivity index is 2.12. The van der Waals surface area contributed by atoms with Crippen molar-refractivity contribution in [1.29, 1.82) is 0 Å². The van der Waals surface area contributed by atoms with Gasteiger partial charge in [-0.3, -0.25) is 0 Å². The molecule has 0 fully saturated rings. The highest BCUT2D eigenvalue weighted by molar-refractivity contribution is 5.47. The summed E-state index contributed by atoms with van der Waals surface area (Å²) in [5.74, 6) is 0.749. The average molecular weight is 267 g/mol. The largest absolute Gasteiger partial charge is 0.508 e. The molecule has 2 aromatic carbocycles. The van der Waals surface area contributed by atoms with E-state index in [4.69, 9.17) is 0 Å². The number of likely N-dealkylation sites (N-methyl/N-ethyl adjacent to an activating group) is 1. The summed E-state index contributed by atoms with van der Waals surface area (Å²) in [6.45, 7) is 4.04. The van der Waals surface area contributed by atoms with E-state index >= 15 is 0 Å². The van der Waals surface area contributed by atoms with Crippen molar-refractivity contribution in [3.63, 3.8) is 0 Å². The van der Waals surface area contributed by atoms with E-state index in [0.29, 0.717) is 11.7 Å². The number of fused-ring (bicyclic) bond motifs is 1. The van der Waals surface area contributed by atoms with Crippen LogP contribution in [-0.2, 0) is 6.42 Å². The fourth-order valence-electron chi connectivity index (χ4n) is 3.10. The average Bonchev–Trinajstić information content (AvgIpc) is 2.61. The van der Waals surface area contributed by atoms with Gasteiger partial charge in [0.25, 0.3) is 0 Å². The highest BCUT2D eigenvalue weighted by atomic mass is 16.3. The molecule has 20 heavy (non-hydrogen) atoms. The van der Waals surface area contributed by atoms with Gasteiger partial charge in [0, 0.05) is 19.0 Å². The number of phenols is 1. The predicted molar refractivity (Wildman–Crippen MR) is 82.3 cm³/mol. The monoisotopic (exact) mass is 267 g/mol. The summed E-state index contributed by atoms with van der Waals surface area (Å²) in [6, 6.07) is 14.7. The second-order valence-corrected chi connectivity index (χ2v) is 5.81. The fraction of sp³-hybridized carbons (Fsp3) is 0.333. The standard InChI is InChI=1S/C18H21NO/c1-13-10-15-8-9-19(2)12-17(16(15)11-18(13)20)14-6-4-3-5-7-14/h3-7,10-11,17,20H,8-9,12H2,1-2H3/t17-/m0/s1. The molecule has 0 saturated carbocycles. The third kappa shape index (κ3) is 2.44. The molecule has 1 atom stereocenters. The van der Waals surface area contributed by atoms with Crippen molar-refractivity contribution in [3.8, 4) is 5.75 Å². The first-order chi connectivity index (χ1) is 9.65. The Bertz CT molecular complexity index is 606. The van der Waals surface area contributed by atoms with Crippen LogP contribution >= 0.6 is 0 Å². The van der Waals surface area contributed by atoms with Crippen molar-refractivity contribution in [2.45, 2.75) is 19.3 Å². The van der Waals surface area contributed by atoms with Crippen molar-refractivity contribution >= 4 is 0 Å². The molecule has 1 N–H and O–H groups in total. The van der Waals surface area contributed by atoms with E-state index in [2.05, 4.69) is 48.3 Å². The second kappa shape index (κ2) is 5.29. The summed E-state index contributed by atoms with van der Waals surface area (Å²) in [5, 5.41) is 10.1. The number of phenolic OH excluding ortho intramolecular Hbond substituents is 1. The number of hydrogen-bond acceptors (Lipinski definition) is 2. The van der Waals surface area contributed by atoms with Crippen LogP contribution in [-0.4, -0.2) is 30.1 Å². The Morgan fingerprint density at radius 3 is 2.65 bits per heavy atom. The molecule has 1 aliphatic heterocycles. The van der Waals surface area contributed by atoms with Crippen molar-refractivity contribution in [2.75, 3.05) is 20.1 Å². The van der Waals surface area contributed by atoms with Crippen LogP contribution < -0.4 is 0 Å². The number of hydrogen-bond donors (Lipinski definition) is 1. The van der Waals surface area contributed by atoms with Gasteiger partial charge in [0.05, 0.1) is 0 Å². The highest BCUT2D eigenvalue weighted by Gasteiger charge is 2.23. The number of rotatable bonds is 1. The molecule has 0 saturated heterocycles. The molecule has 0 amide bonds. The van der Waals surface area contributed by atoms with Crippen LogP contribution in [0.2, 0.25) is 0 Å². The molecule has 104 valence electrons. The quantitative estimate of drug-likeness (QED) is 0.856. The summed E-state index contributed by atoms with van der Waals surface area (Å²) < 4.78 is 0. The minimum Gasteiger partial charge on any atom is -0.508 e. The van der Waals surface area contributed by atoms with E-state index in [0.717, 1.165) is 25.1 Å². The first kappa shape index (κ1) is 13.2. The summed E-state index contributed by atoms with van der Waals surface area (Å²) >= 11 is 0. The summed E-state index contributed by atoms with van der Waals surface area (Å²) in [6.07, 6.45) is 1.05.